The zero-order chi connectivity index (χ0) is 15.4. The predicted molar refractivity (Wildman–Crippen MR) is 75.1 cm³/mol. The Kier molecular flexibility index (Phi) is 4.87. The molecule has 114 valence electrons. The average Bonchev–Trinajstić information content (AvgIpc) is 2.84. The van der Waals surface area contributed by atoms with Crippen molar-refractivity contribution in [3.05, 3.63) is 39.4 Å². The number of nitrogens with one attached hydrogen (secondary N) is 1. The molecule has 0 spiro atoms. The molecule has 0 saturated heterocycles. The fraction of sp³-hybridized carbons (Fsp3) is 0.500. The van der Waals surface area contributed by atoms with Crippen LogP contribution in [-0.4, -0.2) is 33.8 Å². The predicted octanol–water partition coefficient (Wildman–Crippen LogP) is 1.54. The lowest BCUT2D eigenvalue weighted by molar-refractivity contribution is -0.385. The molecule has 1 fully saturated rings. The lowest BCUT2D eigenvalue weighted by Crippen LogP contribution is -2.28. The van der Waals surface area contributed by atoms with Crippen molar-refractivity contribution in [2.75, 3.05) is 6.54 Å². The van der Waals surface area contributed by atoms with Crippen LogP contribution >= 0.6 is 0 Å². The van der Waals surface area contributed by atoms with Crippen molar-refractivity contribution in [3.8, 4) is 0 Å². The maximum atomic E-state index is 11.2. The van der Waals surface area contributed by atoms with Crippen LogP contribution in [0.1, 0.15) is 35.2 Å². The average molecular weight is 294 g/mol. The summed E-state index contributed by atoms with van der Waals surface area (Å²) in [4.78, 5) is 21.5. The first-order valence-electron chi connectivity index (χ1n) is 6.89. The molecule has 1 aliphatic rings. The number of hydrogen-bond acceptors (Lipinski definition) is 5. The maximum absolute atomic E-state index is 11.2. The highest BCUT2D eigenvalue weighted by atomic mass is 16.6. The molecule has 7 nitrogen and oxygen atoms in total. The number of nitro benzene ring substituents is 1. The van der Waals surface area contributed by atoms with E-state index in [2.05, 4.69) is 5.32 Å². The molecule has 0 aromatic heterocycles. The lowest BCUT2D eigenvalue weighted by atomic mass is 10.0. The number of carbonyl (C=O) groups is 1. The highest BCUT2D eigenvalue weighted by molar-refractivity contribution is 5.94. The van der Waals surface area contributed by atoms with Crippen LogP contribution in [0.25, 0.3) is 0 Å². The van der Waals surface area contributed by atoms with E-state index in [-0.39, 0.29) is 24.1 Å². The molecular weight excluding hydrogens is 276 g/mol. The van der Waals surface area contributed by atoms with Crippen molar-refractivity contribution in [2.24, 2.45) is 5.92 Å². The molecule has 2 atom stereocenters. The lowest BCUT2D eigenvalue weighted by Gasteiger charge is -2.15. The number of carboxylic acids is 1. The van der Waals surface area contributed by atoms with Crippen LogP contribution in [-0.2, 0) is 6.54 Å². The van der Waals surface area contributed by atoms with Gasteiger partial charge in [-0.3, -0.25) is 10.1 Å². The Bertz CT molecular complexity index is 546. The Morgan fingerprint density at radius 3 is 2.76 bits per heavy atom. The standard InChI is InChI=1S/C14H18N2O5/c17-12-6-2-3-9(12)7-15-8-10-4-1-5-11(16(20)21)13(10)14(18)19/h1,4-5,9,12,15,17H,2-3,6-8H2,(H,18,19). The minimum Gasteiger partial charge on any atom is -0.477 e. The molecule has 2 rings (SSSR count). The third-order valence-electron chi connectivity index (χ3n) is 3.88. The molecule has 0 radical (unpaired) electrons. The van der Waals surface area contributed by atoms with E-state index in [0.29, 0.717) is 12.1 Å². The number of aliphatic hydroxyl groups excluding tert-OH is 1. The number of aliphatic hydroxyl groups is 1. The fourth-order valence-electron chi connectivity index (χ4n) is 2.78. The van der Waals surface area contributed by atoms with Gasteiger partial charge in [-0.15, -0.1) is 0 Å². The van der Waals surface area contributed by atoms with Gasteiger partial charge in [0.25, 0.3) is 5.69 Å². The van der Waals surface area contributed by atoms with Crippen LogP contribution < -0.4 is 5.32 Å². The van der Waals surface area contributed by atoms with Crippen molar-refractivity contribution in [1.29, 1.82) is 0 Å². The minimum absolute atomic E-state index is 0.164. The van der Waals surface area contributed by atoms with Crippen molar-refractivity contribution < 1.29 is 19.9 Å². The van der Waals surface area contributed by atoms with Crippen LogP contribution in [0.3, 0.4) is 0 Å². The van der Waals surface area contributed by atoms with Gasteiger partial charge < -0.3 is 15.5 Å². The normalized spacial score (nSPS) is 21.4. The van der Waals surface area contributed by atoms with E-state index in [1.807, 2.05) is 0 Å². The van der Waals surface area contributed by atoms with Crippen molar-refractivity contribution >= 4 is 11.7 Å². The van der Waals surface area contributed by atoms with E-state index in [0.717, 1.165) is 19.3 Å². The number of benzene rings is 1. The number of hydrogen-bond donors (Lipinski definition) is 3. The molecule has 2 unspecified atom stereocenters. The summed E-state index contributed by atoms with van der Waals surface area (Å²) in [7, 11) is 0. The minimum atomic E-state index is -1.31. The summed E-state index contributed by atoms with van der Waals surface area (Å²) in [6.07, 6.45) is 2.41. The van der Waals surface area contributed by atoms with Gasteiger partial charge in [0.05, 0.1) is 11.0 Å². The van der Waals surface area contributed by atoms with Crippen LogP contribution in [0.2, 0.25) is 0 Å². The van der Waals surface area contributed by atoms with Gasteiger partial charge in [-0.1, -0.05) is 18.6 Å². The molecule has 1 aliphatic carbocycles. The molecule has 1 aromatic carbocycles. The molecule has 0 bridgehead atoms. The van der Waals surface area contributed by atoms with E-state index in [1.165, 1.54) is 12.1 Å². The van der Waals surface area contributed by atoms with Gasteiger partial charge in [0.15, 0.2) is 0 Å². The van der Waals surface area contributed by atoms with E-state index in [9.17, 15) is 25.1 Å². The van der Waals surface area contributed by atoms with E-state index in [4.69, 9.17) is 0 Å². The monoisotopic (exact) mass is 294 g/mol. The third kappa shape index (κ3) is 3.56. The van der Waals surface area contributed by atoms with Crippen LogP contribution in [0, 0.1) is 16.0 Å². The number of aromatic carboxylic acids is 1. The van der Waals surface area contributed by atoms with Crippen LogP contribution in [0.5, 0.6) is 0 Å². The van der Waals surface area contributed by atoms with Gasteiger partial charge in [0.1, 0.15) is 5.56 Å². The second-order valence-electron chi connectivity index (χ2n) is 5.26. The summed E-state index contributed by atoms with van der Waals surface area (Å²) in [6.45, 7) is 0.801. The molecule has 0 heterocycles. The van der Waals surface area contributed by atoms with Crippen molar-refractivity contribution in [2.45, 2.75) is 31.9 Å². The first-order valence-corrected chi connectivity index (χ1v) is 6.89. The first kappa shape index (κ1) is 15.4. The van der Waals surface area contributed by atoms with Crippen LogP contribution in [0.15, 0.2) is 18.2 Å². The first-order chi connectivity index (χ1) is 10.0. The third-order valence-corrected chi connectivity index (χ3v) is 3.88. The molecule has 1 aromatic rings. The number of carboxylic acid groups (broad SMARTS) is 1. The van der Waals surface area contributed by atoms with Crippen molar-refractivity contribution in [1.82, 2.24) is 5.32 Å². The Morgan fingerprint density at radius 1 is 1.43 bits per heavy atom. The maximum Gasteiger partial charge on any atom is 0.343 e. The summed E-state index contributed by atoms with van der Waals surface area (Å²) in [5.74, 6) is -1.14. The fourth-order valence-corrected chi connectivity index (χ4v) is 2.78. The van der Waals surface area contributed by atoms with Gasteiger partial charge in [0, 0.05) is 19.2 Å². The van der Waals surface area contributed by atoms with Gasteiger partial charge in [-0.05, 0) is 24.3 Å². The Labute approximate surface area is 121 Å². The smallest absolute Gasteiger partial charge is 0.343 e. The highest BCUT2D eigenvalue weighted by Crippen LogP contribution is 2.25. The summed E-state index contributed by atoms with van der Waals surface area (Å²) in [5, 5.41) is 32.9. The summed E-state index contributed by atoms with van der Waals surface area (Å²) >= 11 is 0. The van der Waals surface area contributed by atoms with E-state index in [1.54, 1.807) is 6.07 Å². The van der Waals surface area contributed by atoms with Gasteiger partial charge in [-0.2, -0.15) is 0 Å². The number of nitro groups is 1. The molecule has 1 saturated carbocycles. The molecule has 21 heavy (non-hydrogen) atoms. The topological polar surface area (TPSA) is 113 Å². The Balaban J connectivity index is 2.07. The Hall–Kier alpha value is -1.99. The molecule has 0 amide bonds. The zero-order valence-electron chi connectivity index (χ0n) is 11.5. The Morgan fingerprint density at radius 2 is 2.19 bits per heavy atom. The largest absolute Gasteiger partial charge is 0.477 e. The summed E-state index contributed by atoms with van der Waals surface area (Å²) in [5.41, 5.74) is -0.297. The quantitative estimate of drug-likeness (QED) is 0.542. The van der Waals surface area contributed by atoms with Gasteiger partial charge in [-0.25, -0.2) is 4.79 Å². The second kappa shape index (κ2) is 6.64. The summed E-state index contributed by atoms with van der Waals surface area (Å²) < 4.78 is 0. The summed E-state index contributed by atoms with van der Waals surface area (Å²) in [6, 6.07) is 4.23. The van der Waals surface area contributed by atoms with Gasteiger partial charge >= 0.3 is 5.97 Å². The SMILES string of the molecule is O=C(O)c1c(CNCC2CCCC2O)cccc1[N+](=O)[O-]. The molecule has 0 aliphatic heterocycles. The molecule has 3 N–H and O–H groups in total. The van der Waals surface area contributed by atoms with Crippen LogP contribution in [0.4, 0.5) is 5.69 Å². The highest BCUT2D eigenvalue weighted by Gasteiger charge is 2.26. The van der Waals surface area contributed by atoms with Gasteiger partial charge in [0.2, 0.25) is 0 Å². The van der Waals surface area contributed by atoms with E-state index < -0.39 is 16.6 Å². The molecule has 7 heteroatoms. The van der Waals surface area contributed by atoms with E-state index >= 15 is 0 Å². The number of nitrogens with zero attached hydrogens (tertiary/aromatic N) is 1. The number of rotatable bonds is 6. The second-order valence-corrected chi connectivity index (χ2v) is 5.26. The molecular formula is C14H18N2O5. The van der Waals surface area contributed by atoms with Crippen molar-refractivity contribution in [3.63, 3.8) is 0 Å². The zero-order valence-corrected chi connectivity index (χ0v) is 11.5.